The van der Waals surface area contributed by atoms with Crippen LogP contribution in [-0.4, -0.2) is 47.4 Å². The SMILES string of the molecule is Cc1cc(C)c(C)c(S(=O)(=O)Nc2ccc(Cl)c(S(=O)(=O)N3CCOCC3)c2)c1C. The second-order valence-electron chi connectivity index (χ2n) is 7.36. The molecule has 1 aliphatic rings. The molecule has 2 aromatic carbocycles. The van der Waals surface area contributed by atoms with Crippen molar-refractivity contribution in [3.63, 3.8) is 0 Å². The molecule has 0 atom stereocenters. The van der Waals surface area contributed by atoms with Gasteiger partial charge in [0.2, 0.25) is 10.0 Å². The van der Waals surface area contributed by atoms with Crippen LogP contribution in [0, 0.1) is 27.7 Å². The third-order valence-corrected chi connectivity index (χ3v) is 9.37. The Morgan fingerprint density at radius 1 is 0.933 bits per heavy atom. The van der Waals surface area contributed by atoms with Gasteiger partial charge in [-0.05, 0) is 68.1 Å². The second-order valence-corrected chi connectivity index (χ2v) is 11.3. The van der Waals surface area contributed by atoms with Gasteiger partial charge in [0, 0.05) is 13.1 Å². The Bertz CT molecular complexity index is 1160. The molecule has 3 rings (SSSR count). The van der Waals surface area contributed by atoms with Crippen LogP contribution in [0.2, 0.25) is 5.02 Å². The highest BCUT2D eigenvalue weighted by molar-refractivity contribution is 7.92. The van der Waals surface area contributed by atoms with Gasteiger partial charge in [0.25, 0.3) is 10.0 Å². The van der Waals surface area contributed by atoms with Gasteiger partial charge in [-0.2, -0.15) is 4.31 Å². The number of sulfonamides is 2. The van der Waals surface area contributed by atoms with E-state index in [1.54, 1.807) is 13.8 Å². The van der Waals surface area contributed by atoms with Gasteiger partial charge in [-0.15, -0.1) is 0 Å². The molecule has 1 N–H and O–H groups in total. The predicted molar refractivity (Wildman–Crippen MR) is 117 cm³/mol. The number of morpholine rings is 1. The van der Waals surface area contributed by atoms with E-state index in [9.17, 15) is 16.8 Å². The molecule has 1 heterocycles. The smallest absolute Gasteiger partial charge is 0.262 e. The monoisotopic (exact) mass is 472 g/mol. The minimum Gasteiger partial charge on any atom is -0.379 e. The third kappa shape index (κ3) is 4.36. The van der Waals surface area contributed by atoms with Crippen molar-refractivity contribution < 1.29 is 21.6 Å². The minimum absolute atomic E-state index is 0.0307. The van der Waals surface area contributed by atoms with Gasteiger partial charge in [0.15, 0.2) is 0 Å². The zero-order valence-corrected chi connectivity index (χ0v) is 19.7. The van der Waals surface area contributed by atoms with E-state index in [1.165, 1.54) is 22.5 Å². The van der Waals surface area contributed by atoms with Crippen LogP contribution in [0.4, 0.5) is 5.69 Å². The van der Waals surface area contributed by atoms with E-state index in [1.807, 2.05) is 19.9 Å². The molecule has 0 unspecified atom stereocenters. The number of nitrogens with one attached hydrogen (secondary N) is 1. The maximum atomic E-state index is 13.2. The van der Waals surface area contributed by atoms with Crippen LogP contribution >= 0.6 is 11.6 Å². The number of anilines is 1. The maximum absolute atomic E-state index is 13.2. The molecule has 0 saturated carbocycles. The van der Waals surface area contributed by atoms with Crippen LogP contribution in [0.5, 0.6) is 0 Å². The summed E-state index contributed by atoms with van der Waals surface area (Å²) >= 11 is 6.17. The Labute approximate surface area is 183 Å². The van der Waals surface area contributed by atoms with E-state index in [0.29, 0.717) is 24.3 Å². The first kappa shape index (κ1) is 23.0. The lowest BCUT2D eigenvalue weighted by Crippen LogP contribution is -2.40. The molecule has 0 bridgehead atoms. The fourth-order valence-corrected chi connectivity index (χ4v) is 7.06. The van der Waals surface area contributed by atoms with Gasteiger partial charge in [-0.25, -0.2) is 16.8 Å². The normalized spacial score (nSPS) is 15.9. The highest BCUT2D eigenvalue weighted by atomic mass is 35.5. The standard InChI is InChI=1S/C20H25ClN2O5S2/c1-13-11-14(2)16(4)20(15(13)3)29(24,25)22-17-5-6-18(21)19(12-17)30(26,27)23-7-9-28-10-8-23/h5-6,11-12,22H,7-10H2,1-4H3. The highest BCUT2D eigenvalue weighted by Gasteiger charge is 2.29. The average Bonchev–Trinajstić information content (AvgIpc) is 2.68. The van der Waals surface area contributed by atoms with Crippen LogP contribution in [0.25, 0.3) is 0 Å². The van der Waals surface area contributed by atoms with E-state index in [0.717, 1.165) is 11.1 Å². The van der Waals surface area contributed by atoms with Gasteiger partial charge in [0.1, 0.15) is 4.90 Å². The summed E-state index contributed by atoms with van der Waals surface area (Å²) in [6.07, 6.45) is 0. The summed E-state index contributed by atoms with van der Waals surface area (Å²) in [6, 6.07) is 6.04. The molecule has 164 valence electrons. The Kier molecular flexibility index (Phi) is 6.50. The van der Waals surface area contributed by atoms with Crippen molar-refractivity contribution >= 4 is 37.3 Å². The highest BCUT2D eigenvalue weighted by Crippen LogP contribution is 2.31. The fraction of sp³-hybridized carbons (Fsp3) is 0.400. The number of hydrogen-bond acceptors (Lipinski definition) is 5. The van der Waals surface area contributed by atoms with Crippen LogP contribution in [0.15, 0.2) is 34.1 Å². The summed E-state index contributed by atoms with van der Waals surface area (Å²) in [7, 11) is -7.82. The topological polar surface area (TPSA) is 92.8 Å². The lowest BCUT2D eigenvalue weighted by Gasteiger charge is -2.26. The lowest BCUT2D eigenvalue weighted by atomic mass is 10.0. The van der Waals surface area contributed by atoms with Crippen molar-refractivity contribution in [1.29, 1.82) is 0 Å². The molecule has 1 fully saturated rings. The molecule has 0 radical (unpaired) electrons. The first-order valence-electron chi connectivity index (χ1n) is 9.43. The molecular formula is C20H25ClN2O5S2. The zero-order chi connectivity index (χ0) is 22.3. The number of rotatable bonds is 5. The molecule has 1 saturated heterocycles. The molecule has 0 spiro atoms. The van der Waals surface area contributed by atoms with Crippen molar-refractivity contribution in [3.05, 3.63) is 51.5 Å². The number of halogens is 1. The van der Waals surface area contributed by atoms with E-state index in [4.69, 9.17) is 16.3 Å². The number of aryl methyl sites for hydroxylation is 2. The predicted octanol–water partition coefficient (Wildman–Crippen LogP) is 3.40. The van der Waals surface area contributed by atoms with Crippen molar-refractivity contribution in [3.8, 4) is 0 Å². The van der Waals surface area contributed by atoms with E-state index in [2.05, 4.69) is 4.72 Å². The van der Waals surface area contributed by atoms with Crippen LogP contribution in [0.3, 0.4) is 0 Å². The van der Waals surface area contributed by atoms with E-state index < -0.39 is 20.0 Å². The van der Waals surface area contributed by atoms with Gasteiger partial charge in [-0.1, -0.05) is 17.7 Å². The number of benzene rings is 2. The van der Waals surface area contributed by atoms with Crippen molar-refractivity contribution in [2.45, 2.75) is 37.5 Å². The van der Waals surface area contributed by atoms with Gasteiger partial charge >= 0.3 is 0 Å². The van der Waals surface area contributed by atoms with E-state index >= 15 is 0 Å². The Hall–Kier alpha value is -1.65. The van der Waals surface area contributed by atoms with Gasteiger partial charge in [0.05, 0.1) is 28.8 Å². The quantitative estimate of drug-likeness (QED) is 0.719. The molecule has 0 aromatic heterocycles. The summed E-state index contributed by atoms with van der Waals surface area (Å²) in [5.74, 6) is 0. The number of ether oxygens (including phenoxy) is 1. The second kappa shape index (κ2) is 8.47. The molecule has 7 nitrogen and oxygen atoms in total. The van der Waals surface area contributed by atoms with Gasteiger partial charge in [-0.3, -0.25) is 4.72 Å². The molecule has 2 aromatic rings. The number of hydrogen-bond donors (Lipinski definition) is 1. The molecule has 1 aliphatic heterocycles. The molecule has 0 aliphatic carbocycles. The first-order valence-corrected chi connectivity index (χ1v) is 12.7. The first-order chi connectivity index (χ1) is 13.9. The summed E-state index contributed by atoms with van der Waals surface area (Å²) in [5.41, 5.74) is 3.17. The van der Waals surface area contributed by atoms with E-state index in [-0.39, 0.29) is 33.6 Å². The van der Waals surface area contributed by atoms with Crippen molar-refractivity contribution in [2.75, 3.05) is 31.0 Å². The average molecular weight is 473 g/mol. The van der Waals surface area contributed by atoms with Crippen LogP contribution in [0.1, 0.15) is 22.3 Å². The Morgan fingerprint density at radius 3 is 2.07 bits per heavy atom. The van der Waals surface area contributed by atoms with Crippen LogP contribution < -0.4 is 4.72 Å². The summed E-state index contributed by atoms with van der Waals surface area (Å²) in [5, 5.41) is 0.0307. The zero-order valence-electron chi connectivity index (χ0n) is 17.3. The third-order valence-electron chi connectivity index (χ3n) is 5.34. The van der Waals surface area contributed by atoms with Gasteiger partial charge < -0.3 is 4.74 Å². The maximum Gasteiger partial charge on any atom is 0.262 e. The van der Waals surface area contributed by atoms with Crippen molar-refractivity contribution in [2.24, 2.45) is 0 Å². The fourth-order valence-electron chi connectivity index (χ4n) is 3.48. The summed E-state index contributed by atoms with van der Waals surface area (Å²) < 4.78 is 61.4. The molecular weight excluding hydrogens is 448 g/mol. The van der Waals surface area contributed by atoms with Crippen molar-refractivity contribution in [1.82, 2.24) is 4.31 Å². The molecule has 30 heavy (non-hydrogen) atoms. The summed E-state index contributed by atoms with van der Waals surface area (Å²) in [4.78, 5) is 0.0627. The van der Waals surface area contributed by atoms with Crippen LogP contribution in [-0.2, 0) is 24.8 Å². The minimum atomic E-state index is -3.94. The number of nitrogens with zero attached hydrogens (tertiary/aromatic N) is 1. The summed E-state index contributed by atoms with van der Waals surface area (Å²) in [6.45, 7) is 8.26. The Balaban J connectivity index is 2.02. The largest absolute Gasteiger partial charge is 0.379 e. The molecule has 0 amide bonds. The Morgan fingerprint density at radius 2 is 1.50 bits per heavy atom. The lowest BCUT2D eigenvalue weighted by molar-refractivity contribution is 0.0730. The molecule has 10 heteroatoms.